The van der Waals surface area contributed by atoms with Crippen LogP contribution in [-0.2, 0) is 12.8 Å². The first-order chi connectivity index (χ1) is 12.2. The van der Waals surface area contributed by atoms with Crippen LogP contribution in [0.1, 0.15) is 36.1 Å². The van der Waals surface area contributed by atoms with Crippen LogP contribution < -0.4 is 0 Å². The van der Waals surface area contributed by atoms with E-state index >= 15 is 0 Å². The lowest BCUT2D eigenvalue weighted by Crippen LogP contribution is -2.44. The summed E-state index contributed by atoms with van der Waals surface area (Å²) in [6.07, 6.45) is 8.99. The van der Waals surface area contributed by atoms with Crippen molar-refractivity contribution in [2.24, 2.45) is 0 Å². The summed E-state index contributed by atoms with van der Waals surface area (Å²) in [6, 6.07) is 0.421. The Bertz CT molecular complexity index is 814. The van der Waals surface area contributed by atoms with Crippen LogP contribution in [-0.4, -0.2) is 67.6 Å². The predicted octanol–water partition coefficient (Wildman–Crippen LogP) is 1.61. The van der Waals surface area contributed by atoms with Crippen molar-refractivity contribution in [3.63, 3.8) is 0 Å². The minimum Gasteiger partial charge on any atom is -0.318 e. The third-order valence-corrected chi connectivity index (χ3v) is 5.92. The van der Waals surface area contributed by atoms with E-state index in [1.54, 1.807) is 4.68 Å². The lowest BCUT2D eigenvalue weighted by atomic mass is 10.1. The van der Waals surface area contributed by atoms with Crippen LogP contribution in [0.5, 0.6) is 0 Å². The molecule has 0 spiro atoms. The SMILES string of the molecule is Cc1cnn(-c2nn(C(=O)N3CCN4CCC3CC4)c3c2CCC3)c1. The summed E-state index contributed by atoms with van der Waals surface area (Å²) in [5.41, 5.74) is 3.39. The lowest BCUT2D eigenvalue weighted by Gasteiger charge is -2.31. The van der Waals surface area contributed by atoms with Crippen molar-refractivity contribution in [1.29, 1.82) is 0 Å². The van der Waals surface area contributed by atoms with E-state index in [0.717, 1.165) is 75.4 Å². The second-order valence-electron chi connectivity index (χ2n) is 7.53. The molecule has 3 fully saturated rings. The molecule has 2 bridgehead atoms. The van der Waals surface area contributed by atoms with Gasteiger partial charge in [-0.05, 0) is 44.6 Å². The summed E-state index contributed by atoms with van der Waals surface area (Å²) in [4.78, 5) is 17.9. The number of rotatable bonds is 1. The summed E-state index contributed by atoms with van der Waals surface area (Å²) < 4.78 is 3.51. The van der Waals surface area contributed by atoms with Gasteiger partial charge in [0.25, 0.3) is 0 Å². The number of aryl methyl sites for hydroxylation is 1. The lowest BCUT2D eigenvalue weighted by molar-refractivity contribution is 0.168. The molecule has 6 rings (SSSR count). The molecular weight excluding hydrogens is 316 g/mol. The number of hydrogen-bond donors (Lipinski definition) is 0. The zero-order valence-corrected chi connectivity index (χ0v) is 14.7. The summed E-state index contributed by atoms with van der Waals surface area (Å²) in [5.74, 6) is 0.830. The molecule has 0 atom stereocenters. The molecule has 0 unspecified atom stereocenters. The first-order valence-electron chi connectivity index (χ1n) is 9.36. The Kier molecular flexibility index (Phi) is 3.45. The molecule has 5 heterocycles. The minimum atomic E-state index is 0.0574. The highest BCUT2D eigenvalue weighted by Gasteiger charge is 2.35. The van der Waals surface area contributed by atoms with Crippen LogP contribution in [0.3, 0.4) is 0 Å². The average molecular weight is 340 g/mol. The Hall–Kier alpha value is -2.15. The molecule has 4 aliphatic rings. The van der Waals surface area contributed by atoms with Crippen molar-refractivity contribution in [2.75, 3.05) is 26.2 Å². The topological polar surface area (TPSA) is 59.2 Å². The van der Waals surface area contributed by atoms with Gasteiger partial charge in [0.05, 0.1) is 11.9 Å². The Morgan fingerprint density at radius 1 is 1.16 bits per heavy atom. The maximum Gasteiger partial charge on any atom is 0.345 e. The van der Waals surface area contributed by atoms with Crippen LogP contribution in [0.15, 0.2) is 12.4 Å². The van der Waals surface area contributed by atoms with Gasteiger partial charge in [-0.3, -0.25) is 0 Å². The van der Waals surface area contributed by atoms with E-state index in [2.05, 4.69) is 14.9 Å². The van der Waals surface area contributed by atoms with Crippen molar-refractivity contribution in [3.05, 3.63) is 29.2 Å². The number of fused-ring (bicyclic) bond motifs is 5. The third-order valence-electron chi connectivity index (χ3n) is 5.92. The van der Waals surface area contributed by atoms with Crippen LogP contribution in [0.2, 0.25) is 0 Å². The molecule has 3 saturated heterocycles. The molecule has 25 heavy (non-hydrogen) atoms. The maximum absolute atomic E-state index is 13.3. The summed E-state index contributed by atoms with van der Waals surface area (Å²) in [6.45, 7) is 6.05. The van der Waals surface area contributed by atoms with E-state index in [1.807, 2.05) is 24.0 Å². The van der Waals surface area contributed by atoms with Gasteiger partial charge in [0.15, 0.2) is 5.82 Å². The number of amides is 1. The second-order valence-corrected chi connectivity index (χ2v) is 7.53. The molecule has 0 radical (unpaired) electrons. The molecule has 132 valence electrons. The van der Waals surface area contributed by atoms with Crippen molar-refractivity contribution >= 4 is 6.03 Å². The monoisotopic (exact) mass is 340 g/mol. The molecule has 0 N–H and O–H groups in total. The number of aromatic nitrogens is 4. The van der Waals surface area contributed by atoms with Gasteiger partial charge in [-0.2, -0.15) is 9.78 Å². The van der Waals surface area contributed by atoms with Gasteiger partial charge < -0.3 is 9.80 Å². The van der Waals surface area contributed by atoms with Gasteiger partial charge in [0.2, 0.25) is 0 Å². The van der Waals surface area contributed by atoms with Crippen molar-refractivity contribution < 1.29 is 4.79 Å². The Labute approximate surface area is 147 Å². The fourth-order valence-corrected chi connectivity index (χ4v) is 4.55. The minimum absolute atomic E-state index is 0.0574. The van der Waals surface area contributed by atoms with Crippen molar-refractivity contribution in [3.8, 4) is 5.82 Å². The number of piperidine rings is 1. The number of carbonyl (C=O) groups is 1. The highest BCUT2D eigenvalue weighted by molar-refractivity contribution is 5.78. The van der Waals surface area contributed by atoms with Gasteiger partial charge >= 0.3 is 6.03 Å². The van der Waals surface area contributed by atoms with E-state index in [1.165, 1.54) is 5.56 Å². The van der Waals surface area contributed by atoms with E-state index in [-0.39, 0.29) is 6.03 Å². The van der Waals surface area contributed by atoms with E-state index in [9.17, 15) is 4.79 Å². The second kappa shape index (κ2) is 5.69. The largest absolute Gasteiger partial charge is 0.345 e. The first kappa shape index (κ1) is 15.1. The molecule has 2 aromatic heterocycles. The molecule has 1 aliphatic carbocycles. The van der Waals surface area contributed by atoms with E-state index < -0.39 is 0 Å². The molecule has 2 aromatic rings. The molecule has 0 aromatic carbocycles. The van der Waals surface area contributed by atoms with Gasteiger partial charge in [-0.15, -0.1) is 5.10 Å². The first-order valence-corrected chi connectivity index (χ1v) is 9.36. The zero-order chi connectivity index (χ0) is 17.0. The summed E-state index contributed by atoms with van der Waals surface area (Å²) in [7, 11) is 0. The highest BCUT2D eigenvalue weighted by atomic mass is 16.2. The number of nitrogens with zero attached hydrogens (tertiary/aromatic N) is 6. The molecule has 0 saturated carbocycles. The van der Waals surface area contributed by atoms with Crippen LogP contribution in [0, 0.1) is 6.92 Å². The summed E-state index contributed by atoms with van der Waals surface area (Å²) in [5, 5.41) is 9.13. The Balaban J connectivity index is 1.52. The quantitative estimate of drug-likeness (QED) is 0.791. The van der Waals surface area contributed by atoms with Crippen LogP contribution >= 0.6 is 0 Å². The average Bonchev–Trinajstić information content (AvgIpc) is 3.26. The van der Waals surface area contributed by atoms with Crippen LogP contribution in [0.25, 0.3) is 5.82 Å². The third kappa shape index (κ3) is 2.40. The van der Waals surface area contributed by atoms with Crippen LogP contribution in [0.4, 0.5) is 4.79 Å². The zero-order valence-electron chi connectivity index (χ0n) is 14.7. The Morgan fingerprint density at radius 2 is 2.00 bits per heavy atom. The van der Waals surface area contributed by atoms with Crippen molar-refractivity contribution in [2.45, 2.75) is 45.1 Å². The van der Waals surface area contributed by atoms with Gasteiger partial charge in [0, 0.05) is 44.0 Å². The number of carbonyl (C=O) groups excluding carboxylic acids is 1. The normalized spacial score (nSPS) is 25.2. The predicted molar refractivity (Wildman–Crippen MR) is 93.1 cm³/mol. The fourth-order valence-electron chi connectivity index (χ4n) is 4.55. The smallest absolute Gasteiger partial charge is 0.318 e. The number of hydrogen-bond acceptors (Lipinski definition) is 4. The van der Waals surface area contributed by atoms with Gasteiger partial charge in [-0.1, -0.05) is 0 Å². The molecule has 7 nitrogen and oxygen atoms in total. The molecule has 3 aliphatic heterocycles. The van der Waals surface area contributed by atoms with Gasteiger partial charge in [-0.25, -0.2) is 9.48 Å². The summed E-state index contributed by atoms with van der Waals surface area (Å²) >= 11 is 0. The molecular formula is C18H24N6O. The fraction of sp³-hybridized carbons (Fsp3) is 0.611. The standard InChI is InChI=1S/C18H24N6O/c1-13-11-19-23(12-13)17-15-3-2-4-16(15)24(20-17)18(25)22-10-9-21-7-5-14(22)6-8-21/h11-12,14H,2-10H2,1H3. The maximum atomic E-state index is 13.3. The van der Waals surface area contributed by atoms with E-state index in [4.69, 9.17) is 5.10 Å². The Morgan fingerprint density at radius 3 is 2.76 bits per heavy atom. The molecule has 1 amide bonds. The molecule has 7 heteroatoms. The van der Waals surface area contributed by atoms with E-state index in [0.29, 0.717) is 6.04 Å². The highest BCUT2D eigenvalue weighted by Crippen LogP contribution is 2.29. The van der Waals surface area contributed by atoms with Gasteiger partial charge in [0.1, 0.15) is 0 Å². The van der Waals surface area contributed by atoms with Crippen molar-refractivity contribution in [1.82, 2.24) is 29.4 Å².